The molecule has 1 aromatic carbocycles. The first-order valence-corrected chi connectivity index (χ1v) is 7.24. The SMILES string of the molecule is CCCCNC(=O)c1cncc(N(C)c2ccccc2)c1. The molecule has 1 amide bonds. The van der Waals surface area contributed by atoms with Gasteiger partial charge in [0.1, 0.15) is 0 Å². The molecule has 1 heterocycles. The Morgan fingerprint density at radius 2 is 1.95 bits per heavy atom. The number of hydrogen-bond acceptors (Lipinski definition) is 3. The molecule has 0 aliphatic carbocycles. The topological polar surface area (TPSA) is 45.2 Å². The van der Waals surface area contributed by atoms with Crippen molar-refractivity contribution in [1.29, 1.82) is 0 Å². The van der Waals surface area contributed by atoms with Crippen LogP contribution in [-0.4, -0.2) is 24.5 Å². The van der Waals surface area contributed by atoms with Gasteiger partial charge in [0.2, 0.25) is 0 Å². The van der Waals surface area contributed by atoms with Crippen LogP contribution in [0.15, 0.2) is 48.8 Å². The summed E-state index contributed by atoms with van der Waals surface area (Å²) in [5.74, 6) is -0.0701. The van der Waals surface area contributed by atoms with E-state index in [9.17, 15) is 4.79 Å². The fraction of sp³-hybridized carbons (Fsp3) is 0.294. The maximum absolute atomic E-state index is 12.1. The van der Waals surface area contributed by atoms with Gasteiger partial charge in [0.15, 0.2) is 0 Å². The molecule has 0 saturated carbocycles. The van der Waals surface area contributed by atoms with Crippen molar-refractivity contribution < 1.29 is 4.79 Å². The summed E-state index contributed by atoms with van der Waals surface area (Å²) in [6.07, 6.45) is 5.41. The fourth-order valence-electron chi connectivity index (χ4n) is 2.02. The Morgan fingerprint density at radius 3 is 2.67 bits per heavy atom. The smallest absolute Gasteiger partial charge is 0.252 e. The molecule has 0 unspecified atom stereocenters. The van der Waals surface area contributed by atoms with Gasteiger partial charge in [-0.05, 0) is 24.6 Å². The Hall–Kier alpha value is -2.36. The summed E-state index contributed by atoms with van der Waals surface area (Å²) in [5.41, 5.74) is 2.54. The van der Waals surface area contributed by atoms with Crippen molar-refractivity contribution in [3.63, 3.8) is 0 Å². The van der Waals surface area contributed by atoms with Gasteiger partial charge in [0, 0.05) is 25.5 Å². The molecule has 0 bridgehead atoms. The van der Waals surface area contributed by atoms with E-state index >= 15 is 0 Å². The normalized spacial score (nSPS) is 10.2. The number of amides is 1. The molecule has 0 aliphatic rings. The molecule has 2 aromatic rings. The van der Waals surface area contributed by atoms with Gasteiger partial charge >= 0.3 is 0 Å². The van der Waals surface area contributed by atoms with Crippen LogP contribution in [0.5, 0.6) is 0 Å². The third kappa shape index (κ3) is 4.05. The highest BCUT2D eigenvalue weighted by Crippen LogP contribution is 2.22. The Labute approximate surface area is 125 Å². The zero-order valence-electron chi connectivity index (χ0n) is 12.5. The van der Waals surface area contributed by atoms with Gasteiger partial charge < -0.3 is 10.2 Å². The number of pyridine rings is 1. The van der Waals surface area contributed by atoms with Crippen molar-refractivity contribution in [2.24, 2.45) is 0 Å². The summed E-state index contributed by atoms with van der Waals surface area (Å²) in [6.45, 7) is 2.80. The quantitative estimate of drug-likeness (QED) is 0.827. The zero-order valence-corrected chi connectivity index (χ0v) is 12.5. The summed E-state index contributed by atoms with van der Waals surface area (Å²) in [6, 6.07) is 11.9. The lowest BCUT2D eigenvalue weighted by Gasteiger charge is -2.19. The molecule has 2 rings (SSSR count). The van der Waals surface area contributed by atoms with Crippen molar-refractivity contribution in [1.82, 2.24) is 10.3 Å². The standard InChI is InChI=1S/C17H21N3O/c1-3-4-10-19-17(21)14-11-16(13-18-12-14)20(2)15-8-6-5-7-9-15/h5-9,11-13H,3-4,10H2,1-2H3,(H,19,21). The first-order valence-electron chi connectivity index (χ1n) is 7.24. The molecule has 0 atom stereocenters. The van der Waals surface area contributed by atoms with Crippen molar-refractivity contribution in [3.05, 3.63) is 54.4 Å². The van der Waals surface area contributed by atoms with Gasteiger partial charge in [-0.15, -0.1) is 0 Å². The third-order valence-corrected chi connectivity index (χ3v) is 3.33. The fourth-order valence-corrected chi connectivity index (χ4v) is 2.02. The lowest BCUT2D eigenvalue weighted by Crippen LogP contribution is -2.24. The lowest BCUT2D eigenvalue weighted by atomic mass is 10.2. The number of nitrogens with zero attached hydrogens (tertiary/aromatic N) is 2. The van der Waals surface area contributed by atoms with E-state index in [0.29, 0.717) is 12.1 Å². The number of anilines is 2. The van der Waals surface area contributed by atoms with Gasteiger partial charge in [0.25, 0.3) is 5.91 Å². The first kappa shape index (κ1) is 15.0. The summed E-state index contributed by atoms with van der Waals surface area (Å²) >= 11 is 0. The van der Waals surface area contributed by atoms with E-state index in [4.69, 9.17) is 0 Å². The molecular weight excluding hydrogens is 262 g/mol. The van der Waals surface area contributed by atoms with Crippen LogP contribution >= 0.6 is 0 Å². The maximum Gasteiger partial charge on any atom is 0.252 e. The van der Waals surface area contributed by atoms with E-state index in [2.05, 4.69) is 17.2 Å². The van der Waals surface area contributed by atoms with Crippen LogP contribution in [0.4, 0.5) is 11.4 Å². The molecular formula is C17H21N3O. The average Bonchev–Trinajstić information content (AvgIpc) is 2.55. The van der Waals surface area contributed by atoms with Gasteiger partial charge in [-0.1, -0.05) is 31.5 Å². The summed E-state index contributed by atoms with van der Waals surface area (Å²) < 4.78 is 0. The number of benzene rings is 1. The number of hydrogen-bond donors (Lipinski definition) is 1. The molecule has 4 nitrogen and oxygen atoms in total. The van der Waals surface area contributed by atoms with E-state index in [-0.39, 0.29) is 5.91 Å². The molecule has 4 heteroatoms. The van der Waals surface area contributed by atoms with Crippen LogP contribution in [-0.2, 0) is 0 Å². The van der Waals surface area contributed by atoms with Crippen LogP contribution in [0.2, 0.25) is 0 Å². The van der Waals surface area contributed by atoms with E-state index in [1.807, 2.05) is 48.3 Å². The number of carbonyl (C=O) groups excluding carboxylic acids is 1. The second kappa shape index (κ2) is 7.43. The minimum atomic E-state index is -0.0701. The molecule has 21 heavy (non-hydrogen) atoms. The molecule has 0 radical (unpaired) electrons. The second-order valence-corrected chi connectivity index (χ2v) is 4.94. The highest BCUT2D eigenvalue weighted by molar-refractivity contribution is 5.94. The van der Waals surface area contributed by atoms with Gasteiger partial charge in [-0.2, -0.15) is 0 Å². The average molecular weight is 283 g/mol. The van der Waals surface area contributed by atoms with Gasteiger partial charge in [-0.25, -0.2) is 0 Å². The van der Waals surface area contributed by atoms with E-state index in [1.165, 1.54) is 0 Å². The van der Waals surface area contributed by atoms with Crippen molar-refractivity contribution >= 4 is 17.3 Å². The number of aromatic nitrogens is 1. The van der Waals surface area contributed by atoms with Crippen molar-refractivity contribution in [3.8, 4) is 0 Å². The molecule has 0 aliphatic heterocycles. The van der Waals surface area contributed by atoms with Crippen LogP contribution in [0.1, 0.15) is 30.1 Å². The van der Waals surface area contributed by atoms with Crippen molar-refractivity contribution in [2.45, 2.75) is 19.8 Å². The van der Waals surface area contributed by atoms with E-state index < -0.39 is 0 Å². The molecule has 0 spiro atoms. The molecule has 1 aromatic heterocycles. The summed E-state index contributed by atoms with van der Waals surface area (Å²) in [4.78, 5) is 18.2. The molecule has 0 fully saturated rings. The number of unbranched alkanes of at least 4 members (excludes halogenated alkanes) is 1. The van der Waals surface area contributed by atoms with Crippen LogP contribution in [0.3, 0.4) is 0 Å². The Balaban J connectivity index is 2.12. The van der Waals surface area contributed by atoms with Crippen LogP contribution in [0, 0.1) is 0 Å². The van der Waals surface area contributed by atoms with Crippen LogP contribution < -0.4 is 10.2 Å². The minimum Gasteiger partial charge on any atom is -0.352 e. The molecule has 1 N–H and O–H groups in total. The second-order valence-electron chi connectivity index (χ2n) is 4.94. The third-order valence-electron chi connectivity index (χ3n) is 3.33. The predicted octanol–water partition coefficient (Wildman–Crippen LogP) is 3.38. The van der Waals surface area contributed by atoms with Gasteiger partial charge in [-0.3, -0.25) is 9.78 Å². The highest BCUT2D eigenvalue weighted by Gasteiger charge is 2.09. The van der Waals surface area contributed by atoms with Crippen molar-refractivity contribution in [2.75, 3.05) is 18.5 Å². The lowest BCUT2D eigenvalue weighted by molar-refractivity contribution is 0.0953. The first-order chi connectivity index (χ1) is 10.2. The largest absolute Gasteiger partial charge is 0.352 e. The van der Waals surface area contributed by atoms with Crippen LogP contribution in [0.25, 0.3) is 0 Å². The Bertz CT molecular complexity index is 584. The number of para-hydroxylation sites is 1. The molecule has 110 valence electrons. The summed E-state index contributed by atoms with van der Waals surface area (Å²) in [7, 11) is 1.96. The Morgan fingerprint density at radius 1 is 1.19 bits per heavy atom. The molecule has 0 saturated heterocycles. The number of rotatable bonds is 6. The zero-order chi connectivity index (χ0) is 15.1. The Kier molecular flexibility index (Phi) is 5.32. The maximum atomic E-state index is 12.1. The summed E-state index contributed by atoms with van der Waals surface area (Å²) in [5, 5.41) is 2.91. The monoisotopic (exact) mass is 283 g/mol. The van der Waals surface area contributed by atoms with E-state index in [1.54, 1.807) is 12.4 Å². The predicted molar refractivity (Wildman–Crippen MR) is 86.0 cm³/mol. The number of carbonyl (C=O) groups is 1. The van der Waals surface area contributed by atoms with E-state index in [0.717, 1.165) is 24.2 Å². The number of nitrogens with one attached hydrogen (secondary N) is 1. The highest BCUT2D eigenvalue weighted by atomic mass is 16.1. The minimum absolute atomic E-state index is 0.0701. The van der Waals surface area contributed by atoms with Gasteiger partial charge in [0.05, 0.1) is 17.4 Å².